The molecule has 0 spiro atoms. The van der Waals surface area contributed by atoms with Gasteiger partial charge in [0.05, 0.1) is 0 Å². The van der Waals surface area contributed by atoms with Gasteiger partial charge in [-0.25, -0.2) is 0 Å². The summed E-state index contributed by atoms with van der Waals surface area (Å²) >= 11 is 0. The lowest BCUT2D eigenvalue weighted by molar-refractivity contribution is -0.120. The van der Waals surface area contributed by atoms with E-state index in [-0.39, 0.29) is 11.4 Å². The molecule has 1 N–H and O–H groups in total. The van der Waals surface area contributed by atoms with Gasteiger partial charge in [-0.1, -0.05) is 26.0 Å². The second-order valence-corrected chi connectivity index (χ2v) is 6.48. The Labute approximate surface area is 122 Å². The molecule has 1 aromatic carbocycles. The molecule has 0 radical (unpaired) electrons. The van der Waals surface area contributed by atoms with Gasteiger partial charge in [-0.05, 0) is 43.4 Å². The summed E-state index contributed by atoms with van der Waals surface area (Å²) in [4.78, 5) is 13.7. The Morgan fingerprint density at radius 2 is 1.95 bits per heavy atom. The molecule has 20 heavy (non-hydrogen) atoms. The Morgan fingerprint density at radius 3 is 2.50 bits per heavy atom. The maximum atomic E-state index is 11.3. The minimum atomic E-state index is -0.0437. The van der Waals surface area contributed by atoms with Crippen molar-refractivity contribution in [1.29, 1.82) is 0 Å². The molecule has 1 heterocycles. The summed E-state index contributed by atoms with van der Waals surface area (Å²) in [5, 5.41) is 3.09. The Balaban J connectivity index is 2.03. The normalized spacial score (nSPS) is 18.1. The first-order valence-corrected chi connectivity index (χ1v) is 7.53. The van der Waals surface area contributed by atoms with E-state index in [1.165, 1.54) is 11.3 Å². The van der Waals surface area contributed by atoms with Crippen LogP contribution in [0.3, 0.4) is 0 Å². The largest absolute Gasteiger partial charge is 0.371 e. The average Bonchev–Trinajstić information content (AvgIpc) is 2.38. The average molecular weight is 274 g/mol. The minimum absolute atomic E-state index is 0.0437. The molecule has 3 heteroatoms. The zero-order chi connectivity index (χ0) is 14.8. The van der Waals surface area contributed by atoms with Gasteiger partial charge in [-0.2, -0.15) is 0 Å². The highest BCUT2D eigenvalue weighted by atomic mass is 16.1. The van der Waals surface area contributed by atoms with E-state index in [4.69, 9.17) is 0 Å². The minimum Gasteiger partial charge on any atom is -0.371 e. The van der Waals surface area contributed by atoms with Crippen molar-refractivity contribution in [2.45, 2.75) is 52.0 Å². The Bertz CT molecular complexity index is 474. The van der Waals surface area contributed by atoms with Crippen molar-refractivity contribution in [3.05, 3.63) is 29.8 Å². The van der Waals surface area contributed by atoms with Crippen molar-refractivity contribution in [2.75, 3.05) is 18.0 Å². The van der Waals surface area contributed by atoms with Crippen molar-refractivity contribution in [3.63, 3.8) is 0 Å². The second-order valence-electron chi connectivity index (χ2n) is 6.48. The van der Waals surface area contributed by atoms with E-state index in [2.05, 4.69) is 55.3 Å². The van der Waals surface area contributed by atoms with E-state index in [9.17, 15) is 4.79 Å². The van der Waals surface area contributed by atoms with Crippen LogP contribution in [0.25, 0.3) is 0 Å². The zero-order valence-corrected chi connectivity index (χ0v) is 13.1. The molecule has 1 amide bonds. The van der Waals surface area contributed by atoms with E-state index in [0.29, 0.717) is 5.92 Å². The summed E-state index contributed by atoms with van der Waals surface area (Å²) < 4.78 is 0. The highest BCUT2D eigenvalue weighted by molar-refractivity contribution is 5.73. The number of nitrogens with one attached hydrogen (secondary N) is 1. The van der Waals surface area contributed by atoms with Crippen molar-refractivity contribution >= 4 is 11.6 Å². The lowest BCUT2D eigenvalue weighted by Gasteiger charge is -2.41. The zero-order valence-electron chi connectivity index (χ0n) is 13.1. The maximum Gasteiger partial charge on any atom is 0.217 e. The number of hydrogen-bond donors (Lipinski definition) is 1. The van der Waals surface area contributed by atoms with Gasteiger partial charge in [0.15, 0.2) is 0 Å². The van der Waals surface area contributed by atoms with Crippen LogP contribution in [0.4, 0.5) is 5.69 Å². The van der Waals surface area contributed by atoms with E-state index in [1.807, 2.05) is 0 Å². The molecule has 0 atom stereocenters. The summed E-state index contributed by atoms with van der Waals surface area (Å²) in [6, 6.07) is 8.82. The number of nitrogens with zero attached hydrogens (tertiary/aromatic N) is 1. The van der Waals surface area contributed by atoms with Crippen LogP contribution in [-0.2, 0) is 4.79 Å². The fourth-order valence-corrected chi connectivity index (χ4v) is 2.89. The molecule has 1 fully saturated rings. The summed E-state index contributed by atoms with van der Waals surface area (Å²) in [6.07, 6.45) is 2.00. The molecular weight excluding hydrogens is 248 g/mol. The lowest BCUT2D eigenvalue weighted by Crippen LogP contribution is -2.52. The first-order valence-electron chi connectivity index (χ1n) is 7.53. The molecular formula is C17H26N2O. The van der Waals surface area contributed by atoms with Crippen LogP contribution >= 0.6 is 0 Å². The highest BCUT2D eigenvalue weighted by Crippen LogP contribution is 2.28. The Kier molecular flexibility index (Phi) is 4.36. The van der Waals surface area contributed by atoms with Gasteiger partial charge in [-0.3, -0.25) is 4.79 Å². The molecule has 0 unspecified atom stereocenters. The van der Waals surface area contributed by atoms with Gasteiger partial charge in [0.1, 0.15) is 0 Å². The van der Waals surface area contributed by atoms with Gasteiger partial charge < -0.3 is 10.2 Å². The van der Waals surface area contributed by atoms with E-state index < -0.39 is 0 Å². The molecule has 0 aliphatic carbocycles. The topological polar surface area (TPSA) is 32.3 Å². The molecule has 110 valence electrons. The van der Waals surface area contributed by atoms with E-state index >= 15 is 0 Å². The number of benzene rings is 1. The molecule has 0 saturated carbocycles. The van der Waals surface area contributed by atoms with Crippen LogP contribution in [0.2, 0.25) is 0 Å². The third kappa shape index (κ3) is 3.53. The molecule has 1 aliphatic rings. The molecule has 1 saturated heterocycles. The van der Waals surface area contributed by atoms with Crippen molar-refractivity contribution in [3.8, 4) is 0 Å². The molecule has 0 aromatic heterocycles. The highest BCUT2D eigenvalue weighted by Gasteiger charge is 2.30. The van der Waals surface area contributed by atoms with Crippen LogP contribution in [0.5, 0.6) is 0 Å². The van der Waals surface area contributed by atoms with Crippen molar-refractivity contribution < 1.29 is 4.79 Å². The number of carbonyl (C=O) groups is 1. The van der Waals surface area contributed by atoms with Crippen LogP contribution in [-0.4, -0.2) is 24.5 Å². The number of piperidine rings is 1. The first-order chi connectivity index (χ1) is 9.39. The van der Waals surface area contributed by atoms with E-state index in [0.717, 1.165) is 25.9 Å². The van der Waals surface area contributed by atoms with Gasteiger partial charge in [0.25, 0.3) is 0 Å². The number of anilines is 1. The van der Waals surface area contributed by atoms with Crippen LogP contribution in [0.1, 0.15) is 52.0 Å². The third-order valence-corrected chi connectivity index (χ3v) is 4.25. The summed E-state index contributed by atoms with van der Waals surface area (Å²) in [5.74, 6) is 0.632. The monoisotopic (exact) mass is 274 g/mol. The standard InChI is InChI=1S/C17H26N2O/c1-13(2)15-6-5-7-16(12-15)19-10-8-17(4,9-11-19)18-14(3)20/h5-7,12-13H,8-11H2,1-4H3,(H,18,20). The molecule has 0 bridgehead atoms. The summed E-state index contributed by atoms with van der Waals surface area (Å²) in [6.45, 7) is 10.2. The predicted molar refractivity (Wildman–Crippen MR) is 84.2 cm³/mol. The van der Waals surface area contributed by atoms with Gasteiger partial charge in [-0.15, -0.1) is 0 Å². The molecule has 3 nitrogen and oxygen atoms in total. The number of hydrogen-bond acceptors (Lipinski definition) is 2. The van der Waals surface area contributed by atoms with Crippen molar-refractivity contribution in [1.82, 2.24) is 5.32 Å². The van der Waals surface area contributed by atoms with Crippen LogP contribution in [0, 0.1) is 0 Å². The predicted octanol–water partition coefficient (Wildman–Crippen LogP) is 3.31. The van der Waals surface area contributed by atoms with Crippen molar-refractivity contribution in [2.24, 2.45) is 0 Å². The van der Waals surface area contributed by atoms with Gasteiger partial charge in [0, 0.05) is 31.2 Å². The SMILES string of the molecule is CC(=O)NC1(C)CCN(c2cccc(C(C)C)c2)CC1. The molecule has 2 rings (SSSR count). The van der Waals surface area contributed by atoms with Gasteiger partial charge >= 0.3 is 0 Å². The van der Waals surface area contributed by atoms with Gasteiger partial charge in [0.2, 0.25) is 5.91 Å². The smallest absolute Gasteiger partial charge is 0.217 e. The number of carbonyl (C=O) groups excluding carboxylic acids is 1. The fourth-order valence-electron chi connectivity index (χ4n) is 2.89. The molecule has 1 aliphatic heterocycles. The quantitative estimate of drug-likeness (QED) is 0.917. The maximum absolute atomic E-state index is 11.3. The summed E-state index contributed by atoms with van der Waals surface area (Å²) in [5.41, 5.74) is 2.65. The Morgan fingerprint density at radius 1 is 1.30 bits per heavy atom. The fraction of sp³-hybridized carbons (Fsp3) is 0.588. The molecule has 1 aromatic rings. The van der Waals surface area contributed by atoms with Crippen LogP contribution < -0.4 is 10.2 Å². The van der Waals surface area contributed by atoms with Crippen LogP contribution in [0.15, 0.2) is 24.3 Å². The Hall–Kier alpha value is -1.51. The van der Waals surface area contributed by atoms with E-state index in [1.54, 1.807) is 6.92 Å². The second kappa shape index (κ2) is 5.86. The third-order valence-electron chi connectivity index (χ3n) is 4.25. The summed E-state index contributed by atoms with van der Waals surface area (Å²) in [7, 11) is 0. The lowest BCUT2D eigenvalue weighted by atomic mass is 9.89. The first kappa shape index (κ1) is 14.9. The number of rotatable bonds is 3. The number of amides is 1.